The van der Waals surface area contributed by atoms with Gasteiger partial charge in [-0.1, -0.05) is 29.8 Å². The number of fused-ring (bicyclic) bond motifs is 1. The Labute approximate surface area is 184 Å². The molecule has 1 aliphatic carbocycles. The van der Waals surface area contributed by atoms with Crippen molar-refractivity contribution in [3.05, 3.63) is 58.7 Å². The Balaban J connectivity index is 1.52. The molecule has 0 bridgehead atoms. The van der Waals surface area contributed by atoms with Crippen molar-refractivity contribution in [2.75, 3.05) is 6.54 Å². The lowest BCUT2D eigenvalue weighted by molar-refractivity contribution is -0.144. The van der Waals surface area contributed by atoms with Crippen LogP contribution >= 0.6 is 11.6 Å². The van der Waals surface area contributed by atoms with Crippen LogP contribution in [0.3, 0.4) is 0 Å². The molecule has 31 heavy (non-hydrogen) atoms. The maximum atomic E-state index is 13.4. The number of aliphatic imine (C=N–C) groups is 1. The van der Waals surface area contributed by atoms with Crippen LogP contribution in [-0.4, -0.2) is 53.0 Å². The minimum atomic E-state index is -0.772. The summed E-state index contributed by atoms with van der Waals surface area (Å²) in [5.41, 5.74) is 1.16. The molecular weight excluding hydrogens is 420 g/mol. The Bertz CT molecular complexity index is 1040. The molecule has 0 spiro atoms. The number of imide groups is 1. The zero-order valence-corrected chi connectivity index (χ0v) is 17.6. The SMILES string of the molecule is CC1=NC2C=CC=C(CNC(=O)c3ccc(Cl)cc3)C2C(=O)N1C1CCC(=O)NC1=O. The van der Waals surface area contributed by atoms with Crippen LogP contribution in [0, 0.1) is 5.92 Å². The van der Waals surface area contributed by atoms with Gasteiger partial charge in [0.2, 0.25) is 17.7 Å². The molecular formula is C22H21ClN4O4. The molecule has 0 saturated carbocycles. The predicted octanol–water partition coefficient (Wildman–Crippen LogP) is 1.62. The Morgan fingerprint density at radius 1 is 1.26 bits per heavy atom. The monoisotopic (exact) mass is 440 g/mol. The predicted molar refractivity (Wildman–Crippen MR) is 114 cm³/mol. The lowest BCUT2D eigenvalue weighted by atomic mass is 9.84. The van der Waals surface area contributed by atoms with Crippen molar-refractivity contribution in [1.82, 2.24) is 15.5 Å². The first kappa shape index (κ1) is 21.0. The third-order valence-corrected chi connectivity index (χ3v) is 5.88. The zero-order valence-electron chi connectivity index (χ0n) is 16.8. The number of piperidine rings is 1. The Morgan fingerprint density at radius 2 is 2.00 bits per heavy atom. The van der Waals surface area contributed by atoms with Gasteiger partial charge in [-0.15, -0.1) is 0 Å². The number of amidine groups is 1. The number of hydrogen-bond acceptors (Lipinski definition) is 5. The van der Waals surface area contributed by atoms with Gasteiger partial charge in [0.1, 0.15) is 11.9 Å². The standard InChI is InChI=1S/C22H21ClN4O4/c1-12-25-16-4-2-3-14(11-24-20(29)13-5-7-15(23)8-6-13)19(16)22(31)27(12)17-9-10-18(28)26-21(17)30/h2-8,16-17,19H,9-11H2,1H3,(H,24,29)(H,26,28,30). The van der Waals surface area contributed by atoms with Crippen molar-refractivity contribution in [3.63, 3.8) is 0 Å². The minimum absolute atomic E-state index is 0.163. The fourth-order valence-electron chi connectivity index (χ4n) is 4.10. The summed E-state index contributed by atoms with van der Waals surface area (Å²) in [4.78, 5) is 55.8. The van der Waals surface area contributed by atoms with Gasteiger partial charge in [0.15, 0.2) is 0 Å². The number of amides is 4. The lowest BCUT2D eigenvalue weighted by Gasteiger charge is -2.41. The fourth-order valence-corrected chi connectivity index (χ4v) is 4.22. The number of carbonyl (C=O) groups is 4. The Morgan fingerprint density at radius 3 is 2.71 bits per heavy atom. The smallest absolute Gasteiger partial charge is 0.251 e. The van der Waals surface area contributed by atoms with E-state index in [2.05, 4.69) is 15.6 Å². The van der Waals surface area contributed by atoms with Crippen molar-refractivity contribution in [3.8, 4) is 0 Å². The van der Waals surface area contributed by atoms with E-state index in [1.54, 1.807) is 37.3 Å². The van der Waals surface area contributed by atoms with Crippen LogP contribution in [0.4, 0.5) is 0 Å². The highest BCUT2D eigenvalue weighted by atomic mass is 35.5. The summed E-state index contributed by atoms with van der Waals surface area (Å²) in [7, 11) is 0. The van der Waals surface area contributed by atoms with Crippen molar-refractivity contribution in [2.24, 2.45) is 10.9 Å². The highest BCUT2D eigenvalue weighted by Gasteiger charge is 2.44. The molecule has 1 fully saturated rings. The summed E-state index contributed by atoms with van der Waals surface area (Å²) in [6, 6.07) is 5.35. The molecule has 4 amide bonds. The molecule has 3 unspecified atom stereocenters. The van der Waals surface area contributed by atoms with Crippen molar-refractivity contribution in [1.29, 1.82) is 0 Å². The maximum absolute atomic E-state index is 13.4. The van der Waals surface area contributed by atoms with Gasteiger partial charge in [-0.05, 0) is 43.2 Å². The van der Waals surface area contributed by atoms with E-state index in [-0.39, 0.29) is 37.1 Å². The average Bonchev–Trinajstić information content (AvgIpc) is 2.73. The molecule has 1 aromatic rings. The zero-order chi connectivity index (χ0) is 22.1. The minimum Gasteiger partial charge on any atom is -0.348 e. The second kappa shape index (κ2) is 8.47. The second-order valence-electron chi connectivity index (χ2n) is 7.64. The number of allylic oxidation sites excluding steroid dienone is 2. The van der Waals surface area contributed by atoms with Gasteiger partial charge in [-0.25, -0.2) is 0 Å². The third-order valence-electron chi connectivity index (χ3n) is 5.63. The lowest BCUT2D eigenvalue weighted by Crippen LogP contribution is -2.60. The number of nitrogens with one attached hydrogen (secondary N) is 2. The summed E-state index contributed by atoms with van der Waals surface area (Å²) in [5, 5.41) is 5.66. The second-order valence-corrected chi connectivity index (χ2v) is 8.07. The van der Waals surface area contributed by atoms with E-state index in [1.807, 2.05) is 12.2 Å². The summed E-state index contributed by atoms with van der Waals surface area (Å²) in [6.07, 6.45) is 5.86. The first-order valence-corrected chi connectivity index (χ1v) is 10.3. The molecule has 9 heteroatoms. The molecule has 2 N–H and O–H groups in total. The number of rotatable bonds is 4. The van der Waals surface area contributed by atoms with Crippen molar-refractivity contribution < 1.29 is 19.2 Å². The van der Waals surface area contributed by atoms with Crippen LogP contribution in [0.15, 0.2) is 53.1 Å². The van der Waals surface area contributed by atoms with Crippen molar-refractivity contribution in [2.45, 2.75) is 31.8 Å². The largest absolute Gasteiger partial charge is 0.348 e. The molecule has 2 heterocycles. The highest BCUT2D eigenvalue weighted by Crippen LogP contribution is 2.31. The van der Waals surface area contributed by atoms with Gasteiger partial charge in [0.25, 0.3) is 5.91 Å². The summed E-state index contributed by atoms with van der Waals surface area (Å²) in [6.45, 7) is 1.85. The van der Waals surface area contributed by atoms with Crippen LogP contribution in [0.1, 0.15) is 30.1 Å². The van der Waals surface area contributed by atoms with Crippen LogP contribution in [0.25, 0.3) is 0 Å². The first-order chi connectivity index (χ1) is 14.8. The van der Waals surface area contributed by atoms with E-state index < -0.39 is 23.9 Å². The van der Waals surface area contributed by atoms with E-state index in [0.29, 0.717) is 22.0 Å². The summed E-state index contributed by atoms with van der Waals surface area (Å²) < 4.78 is 0. The van der Waals surface area contributed by atoms with Crippen LogP contribution in [-0.2, 0) is 14.4 Å². The molecule has 3 aliphatic rings. The third kappa shape index (κ3) is 4.16. The molecule has 3 atom stereocenters. The average molecular weight is 441 g/mol. The molecule has 0 aromatic heterocycles. The molecule has 0 radical (unpaired) electrons. The first-order valence-electron chi connectivity index (χ1n) is 9.97. The Kier molecular flexibility index (Phi) is 5.73. The van der Waals surface area contributed by atoms with Gasteiger partial charge >= 0.3 is 0 Å². The molecule has 2 aliphatic heterocycles. The normalized spacial score (nSPS) is 25.4. The van der Waals surface area contributed by atoms with Gasteiger partial charge in [-0.3, -0.25) is 34.4 Å². The molecule has 1 saturated heterocycles. The number of nitrogens with zero attached hydrogens (tertiary/aromatic N) is 2. The van der Waals surface area contributed by atoms with E-state index >= 15 is 0 Å². The van der Waals surface area contributed by atoms with Gasteiger partial charge < -0.3 is 5.32 Å². The van der Waals surface area contributed by atoms with E-state index in [0.717, 1.165) is 0 Å². The van der Waals surface area contributed by atoms with E-state index in [9.17, 15) is 19.2 Å². The van der Waals surface area contributed by atoms with Gasteiger partial charge in [0, 0.05) is 23.6 Å². The van der Waals surface area contributed by atoms with Gasteiger partial charge in [-0.2, -0.15) is 0 Å². The number of carbonyl (C=O) groups excluding carboxylic acids is 4. The highest BCUT2D eigenvalue weighted by molar-refractivity contribution is 6.30. The maximum Gasteiger partial charge on any atom is 0.251 e. The summed E-state index contributed by atoms with van der Waals surface area (Å²) >= 11 is 5.87. The topological polar surface area (TPSA) is 108 Å². The van der Waals surface area contributed by atoms with Crippen LogP contribution in [0.2, 0.25) is 5.02 Å². The Hall–Kier alpha value is -3.26. The number of benzene rings is 1. The molecule has 1 aromatic carbocycles. The van der Waals surface area contributed by atoms with Crippen LogP contribution < -0.4 is 10.6 Å². The molecule has 160 valence electrons. The van der Waals surface area contributed by atoms with Crippen molar-refractivity contribution >= 4 is 41.1 Å². The molecule has 4 rings (SSSR count). The van der Waals surface area contributed by atoms with Crippen LogP contribution in [0.5, 0.6) is 0 Å². The quantitative estimate of drug-likeness (QED) is 0.693. The molecule has 8 nitrogen and oxygen atoms in total. The number of hydrogen-bond donors (Lipinski definition) is 2. The fraction of sp³-hybridized carbons (Fsp3) is 0.318. The summed E-state index contributed by atoms with van der Waals surface area (Å²) in [5.74, 6) is -1.56. The van der Waals surface area contributed by atoms with Gasteiger partial charge in [0.05, 0.1) is 12.0 Å². The number of halogens is 1. The van der Waals surface area contributed by atoms with E-state index in [1.165, 1.54) is 4.90 Å². The van der Waals surface area contributed by atoms with E-state index in [4.69, 9.17) is 11.6 Å².